The summed E-state index contributed by atoms with van der Waals surface area (Å²) in [5.41, 5.74) is 3.43. The highest BCUT2D eigenvalue weighted by Crippen LogP contribution is 2.12. The van der Waals surface area contributed by atoms with Gasteiger partial charge in [0.2, 0.25) is 5.91 Å². The number of hydrogen-bond donors (Lipinski definition) is 1. The fourth-order valence-corrected chi connectivity index (χ4v) is 3.27. The first kappa shape index (κ1) is 19.5. The minimum atomic E-state index is -0.0355. The third kappa shape index (κ3) is 6.15. The fourth-order valence-electron chi connectivity index (χ4n) is 2.57. The van der Waals surface area contributed by atoms with E-state index in [-0.39, 0.29) is 5.91 Å². The minimum Gasteiger partial charge on any atom is -0.323 e. The summed E-state index contributed by atoms with van der Waals surface area (Å²) < 4.78 is 1.74. The molecule has 0 aliphatic rings. The minimum absolute atomic E-state index is 0.0355. The van der Waals surface area contributed by atoms with Gasteiger partial charge in [0, 0.05) is 18.4 Å². The van der Waals surface area contributed by atoms with Crippen LogP contribution >= 0.6 is 11.8 Å². The summed E-state index contributed by atoms with van der Waals surface area (Å²) in [4.78, 5) is 12.1. The van der Waals surface area contributed by atoms with E-state index in [9.17, 15) is 4.79 Å². The van der Waals surface area contributed by atoms with Crippen molar-refractivity contribution >= 4 is 29.4 Å². The number of nitrogens with one attached hydrogen (secondary N) is 1. The lowest BCUT2D eigenvalue weighted by Crippen LogP contribution is -2.11. The van der Waals surface area contributed by atoms with Crippen molar-refractivity contribution in [3.63, 3.8) is 0 Å². The lowest BCUT2D eigenvalue weighted by Gasteiger charge is -2.03. The molecule has 6 heteroatoms. The third-order valence-electron chi connectivity index (χ3n) is 3.92. The Kier molecular flexibility index (Phi) is 7.05. The molecule has 0 saturated heterocycles. The van der Waals surface area contributed by atoms with Gasteiger partial charge in [0.25, 0.3) is 0 Å². The number of rotatable bonds is 8. The molecule has 3 aromatic rings. The molecule has 2 aromatic carbocycles. The van der Waals surface area contributed by atoms with E-state index >= 15 is 0 Å². The SMILES string of the molecule is N#Cc1cccc(Cn2cc(NC(=O)CCSC=Cc3ccccc3)cn2)c1. The lowest BCUT2D eigenvalue weighted by molar-refractivity contribution is -0.115. The second-order valence-corrected chi connectivity index (χ2v) is 7.13. The van der Waals surface area contributed by atoms with Crippen molar-refractivity contribution in [3.05, 3.63) is 89.1 Å². The van der Waals surface area contributed by atoms with Crippen molar-refractivity contribution in [2.45, 2.75) is 13.0 Å². The molecule has 0 spiro atoms. The van der Waals surface area contributed by atoms with E-state index in [0.29, 0.717) is 30.0 Å². The number of nitrogens with zero attached hydrogens (tertiary/aromatic N) is 3. The van der Waals surface area contributed by atoms with Crippen LogP contribution in [0.1, 0.15) is 23.1 Å². The Morgan fingerprint density at radius 2 is 2.07 bits per heavy atom. The van der Waals surface area contributed by atoms with Gasteiger partial charge in [-0.25, -0.2) is 0 Å². The van der Waals surface area contributed by atoms with Crippen LogP contribution in [0.25, 0.3) is 6.08 Å². The number of aromatic nitrogens is 2. The first-order chi connectivity index (χ1) is 13.7. The number of carbonyl (C=O) groups is 1. The summed E-state index contributed by atoms with van der Waals surface area (Å²) in [6, 6.07) is 19.6. The molecule has 1 aromatic heterocycles. The largest absolute Gasteiger partial charge is 0.323 e. The predicted molar refractivity (Wildman–Crippen MR) is 114 cm³/mol. The molecular weight excluding hydrogens is 368 g/mol. The summed E-state index contributed by atoms with van der Waals surface area (Å²) in [6.07, 6.45) is 5.89. The molecule has 0 unspecified atom stereocenters. The quantitative estimate of drug-likeness (QED) is 0.575. The van der Waals surface area contributed by atoms with Crippen LogP contribution in [0.2, 0.25) is 0 Å². The van der Waals surface area contributed by atoms with Crippen LogP contribution < -0.4 is 5.32 Å². The number of amides is 1. The van der Waals surface area contributed by atoms with E-state index in [0.717, 1.165) is 11.1 Å². The first-order valence-corrected chi connectivity index (χ1v) is 9.92. The van der Waals surface area contributed by atoms with Crippen molar-refractivity contribution in [1.82, 2.24) is 9.78 Å². The van der Waals surface area contributed by atoms with Crippen LogP contribution in [0.15, 0.2) is 72.4 Å². The number of benzene rings is 2. The van der Waals surface area contributed by atoms with Crippen molar-refractivity contribution in [2.24, 2.45) is 0 Å². The highest BCUT2D eigenvalue weighted by atomic mass is 32.2. The van der Waals surface area contributed by atoms with E-state index < -0.39 is 0 Å². The van der Waals surface area contributed by atoms with E-state index in [1.54, 1.807) is 34.9 Å². The Labute approximate surface area is 168 Å². The molecule has 5 nitrogen and oxygen atoms in total. The Bertz CT molecular complexity index is 989. The third-order valence-corrected chi connectivity index (χ3v) is 4.69. The molecule has 140 valence electrons. The molecule has 0 saturated carbocycles. The molecule has 1 heterocycles. The first-order valence-electron chi connectivity index (χ1n) is 8.87. The van der Waals surface area contributed by atoms with E-state index in [1.165, 1.54) is 0 Å². The summed E-state index contributed by atoms with van der Waals surface area (Å²) in [5, 5.41) is 18.1. The van der Waals surface area contributed by atoms with Gasteiger partial charge in [0.05, 0.1) is 30.1 Å². The van der Waals surface area contributed by atoms with Crippen LogP contribution in [0.3, 0.4) is 0 Å². The smallest absolute Gasteiger partial charge is 0.225 e. The van der Waals surface area contributed by atoms with Gasteiger partial charge in [0.15, 0.2) is 0 Å². The van der Waals surface area contributed by atoms with Gasteiger partial charge < -0.3 is 5.32 Å². The molecule has 0 fully saturated rings. The van der Waals surface area contributed by atoms with Gasteiger partial charge >= 0.3 is 0 Å². The normalized spacial score (nSPS) is 10.7. The highest BCUT2D eigenvalue weighted by Gasteiger charge is 2.05. The van der Waals surface area contributed by atoms with Gasteiger partial charge in [-0.15, -0.1) is 11.8 Å². The van der Waals surface area contributed by atoms with Gasteiger partial charge in [-0.2, -0.15) is 10.4 Å². The summed E-state index contributed by atoms with van der Waals surface area (Å²) >= 11 is 1.61. The number of hydrogen-bond acceptors (Lipinski definition) is 4. The summed E-state index contributed by atoms with van der Waals surface area (Å²) in [6.45, 7) is 0.547. The molecule has 1 amide bonds. The molecule has 28 heavy (non-hydrogen) atoms. The van der Waals surface area contributed by atoms with Gasteiger partial charge in [-0.1, -0.05) is 42.5 Å². The second-order valence-electron chi connectivity index (χ2n) is 6.12. The van der Waals surface area contributed by atoms with E-state index in [1.807, 2.05) is 60.0 Å². The maximum Gasteiger partial charge on any atom is 0.225 e. The molecular formula is C22H20N4OS. The highest BCUT2D eigenvalue weighted by molar-refractivity contribution is 8.02. The topological polar surface area (TPSA) is 70.7 Å². The maximum atomic E-state index is 12.1. The Morgan fingerprint density at radius 3 is 2.89 bits per heavy atom. The van der Waals surface area contributed by atoms with Crippen molar-refractivity contribution < 1.29 is 4.79 Å². The summed E-state index contributed by atoms with van der Waals surface area (Å²) in [7, 11) is 0. The number of carbonyl (C=O) groups excluding carboxylic acids is 1. The zero-order valence-corrected chi connectivity index (χ0v) is 16.1. The average molecular weight is 388 g/mol. The number of thioether (sulfide) groups is 1. The summed E-state index contributed by atoms with van der Waals surface area (Å²) in [5.74, 6) is 0.677. The Hall–Kier alpha value is -3.30. The zero-order valence-electron chi connectivity index (χ0n) is 15.3. The van der Waals surface area contributed by atoms with Crippen LogP contribution in [0.5, 0.6) is 0 Å². The van der Waals surface area contributed by atoms with E-state index in [4.69, 9.17) is 5.26 Å². The lowest BCUT2D eigenvalue weighted by atomic mass is 10.1. The zero-order chi connectivity index (χ0) is 19.6. The van der Waals surface area contributed by atoms with Gasteiger partial charge in [-0.05, 0) is 34.7 Å². The van der Waals surface area contributed by atoms with Gasteiger partial charge in [-0.3, -0.25) is 9.48 Å². The average Bonchev–Trinajstić information content (AvgIpc) is 3.15. The molecule has 3 rings (SSSR count). The monoisotopic (exact) mass is 388 g/mol. The Morgan fingerprint density at radius 1 is 1.21 bits per heavy atom. The van der Waals surface area contributed by atoms with Gasteiger partial charge in [0.1, 0.15) is 0 Å². The number of nitriles is 1. The predicted octanol–water partition coefficient (Wildman–Crippen LogP) is 4.54. The van der Waals surface area contributed by atoms with E-state index in [2.05, 4.69) is 16.5 Å². The van der Waals surface area contributed by atoms with Crippen LogP contribution in [0.4, 0.5) is 5.69 Å². The standard InChI is InChI=1S/C22H20N4OS/c23-14-19-7-4-8-20(13-19)16-26-17-21(15-24-26)25-22(27)10-12-28-11-9-18-5-2-1-3-6-18/h1-9,11,13,15,17H,10,12,16H2,(H,25,27). The van der Waals surface area contributed by atoms with Crippen molar-refractivity contribution in [3.8, 4) is 6.07 Å². The molecule has 1 N–H and O–H groups in total. The molecule has 0 atom stereocenters. The molecule has 0 aliphatic heterocycles. The Balaban J connectivity index is 1.42. The maximum absolute atomic E-state index is 12.1. The van der Waals surface area contributed by atoms with Crippen LogP contribution in [0, 0.1) is 11.3 Å². The van der Waals surface area contributed by atoms with Crippen LogP contribution in [-0.4, -0.2) is 21.4 Å². The molecule has 0 aliphatic carbocycles. The second kappa shape index (κ2) is 10.1. The molecule has 0 radical (unpaired) electrons. The van der Waals surface area contributed by atoms with Crippen LogP contribution in [-0.2, 0) is 11.3 Å². The fraction of sp³-hybridized carbons (Fsp3) is 0.136. The van der Waals surface area contributed by atoms with Crippen molar-refractivity contribution in [1.29, 1.82) is 5.26 Å². The van der Waals surface area contributed by atoms with Crippen molar-refractivity contribution in [2.75, 3.05) is 11.1 Å². The number of anilines is 1. The molecule has 0 bridgehead atoms.